The van der Waals surface area contributed by atoms with Crippen molar-refractivity contribution in [2.75, 3.05) is 12.3 Å². The molecule has 0 aromatic heterocycles. The molecule has 4 aliphatic carbocycles. The molecule has 1 saturated heterocycles. The van der Waals surface area contributed by atoms with Gasteiger partial charge in [0, 0.05) is 28.0 Å². The highest BCUT2D eigenvalue weighted by molar-refractivity contribution is 6.01. The molecule has 7 heteroatoms. The minimum absolute atomic E-state index is 0.00433. The van der Waals surface area contributed by atoms with Crippen molar-refractivity contribution in [3.8, 4) is 0 Å². The first kappa shape index (κ1) is 28.7. The van der Waals surface area contributed by atoms with Gasteiger partial charge in [0.15, 0.2) is 23.5 Å². The largest absolute Gasteiger partial charge is 0.399 e. The molecule has 7 rings (SSSR count). The number of carbonyl (C=O) groups excluding carboxylic acids is 2. The van der Waals surface area contributed by atoms with Gasteiger partial charge in [-0.1, -0.05) is 61.9 Å². The van der Waals surface area contributed by atoms with Gasteiger partial charge in [-0.25, -0.2) is 0 Å². The number of ketones is 2. The van der Waals surface area contributed by atoms with Gasteiger partial charge < -0.3 is 25.4 Å². The molecule has 3 saturated carbocycles. The lowest BCUT2D eigenvalue weighted by Gasteiger charge is -2.59. The summed E-state index contributed by atoms with van der Waals surface area (Å²) in [4.78, 5) is 25.9. The van der Waals surface area contributed by atoms with Crippen molar-refractivity contribution >= 4 is 17.3 Å². The van der Waals surface area contributed by atoms with Gasteiger partial charge in [-0.3, -0.25) is 9.59 Å². The summed E-state index contributed by atoms with van der Waals surface area (Å²) in [7, 11) is 0. The van der Waals surface area contributed by atoms with Crippen molar-refractivity contribution in [2.45, 2.75) is 77.0 Å². The van der Waals surface area contributed by atoms with E-state index in [1.54, 1.807) is 12.2 Å². The van der Waals surface area contributed by atoms with Crippen LogP contribution in [0.2, 0.25) is 0 Å². The van der Waals surface area contributed by atoms with Crippen LogP contribution >= 0.6 is 0 Å². The monoisotopic (exact) mass is 583 g/mol. The average Bonchev–Trinajstić information content (AvgIpc) is 3.48. The van der Waals surface area contributed by atoms with Crippen LogP contribution in [0.1, 0.15) is 68.1 Å². The van der Waals surface area contributed by atoms with E-state index >= 15 is 0 Å². The Morgan fingerprint density at radius 3 is 2.58 bits per heavy atom. The molecule has 1 heterocycles. The number of benzene rings is 2. The molecule has 0 spiro atoms. The molecule has 7 nitrogen and oxygen atoms in total. The van der Waals surface area contributed by atoms with E-state index in [1.165, 1.54) is 0 Å². The van der Waals surface area contributed by atoms with Crippen LogP contribution in [-0.2, 0) is 25.5 Å². The number of aliphatic hydroxyl groups is 2. The molecule has 0 radical (unpaired) electrons. The van der Waals surface area contributed by atoms with E-state index in [0.29, 0.717) is 12.8 Å². The smallest absolute Gasteiger partial charge is 0.193 e. The van der Waals surface area contributed by atoms with Crippen LogP contribution in [0.3, 0.4) is 0 Å². The summed E-state index contributed by atoms with van der Waals surface area (Å²) in [5.74, 6) is -0.249. The molecule has 2 aromatic carbocycles. The average molecular weight is 584 g/mol. The predicted octanol–water partition coefficient (Wildman–Crippen LogP) is 4.77. The second-order valence-electron chi connectivity index (χ2n) is 13.9. The molecule has 4 N–H and O–H groups in total. The zero-order valence-corrected chi connectivity index (χ0v) is 25.1. The Morgan fingerprint density at radius 1 is 1.12 bits per heavy atom. The number of aryl methyl sites for hydroxylation is 1. The van der Waals surface area contributed by atoms with E-state index < -0.39 is 41.5 Å². The van der Waals surface area contributed by atoms with Crippen LogP contribution in [-0.4, -0.2) is 46.2 Å². The Hall–Kier alpha value is -3.10. The van der Waals surface area contributed by atoms with E-state index in [1.807, 2.05) is 49.4 Å². The molecule has 4 fully saturated rings. The molecule has 2 aromatic rings. The predicted molar refractivity (Wildman–Crippen MR) is 162 cm³/mol. The molecule has 0 amide bonds. The molecule has 5 aliphatic rings. The molecule has 226 valence electrons. The molecular formula is C36H41NO6. The van der Waals surface area contributed by atoms with Gasteiger partial charge in [0.25, 0.3) is 0 Å². The number of ether oxygens (including phenoxy) is 2. The van der Waals surface area contributed by atoms with Gasteiger partial charge in [0.05, 0.1) is 12.2 Å². The topological polar surface area (TPSA) is 119 Å². The SMILES string of the molecule is Cc1ccc(Cc2ccc([C@@H]3O[C@@H]4C[C@H]5[C@@H]6CCC7=CC(=O)C=C[C@]7(C)[C@H]6[C@@H](O)C[C@]5(C)[C@]4(C(=O)CO)O3)cc2)cc1N. The van der Waals surface area contributed by atoms with Crippen LogP contribution in [0.25, 0.3) is 0 Å². The third kappa shape index (κ3) is 4.08. The minimum Gasteiger partial charge on any atom is -0.399 e. The number of fused-ring (bicyclic) bond motifs is 7. The molecule has 43 heavy (non-hydrogen) atoms. The zero-order valence-electron chi connectivity index (χ0n) is 25.1. The highest BCUT2D eigenvalue weighted by atomic mass is 16.7. The van der Waals surface area contributed by atoms with Gasteiger partial charge in [-0.15, -0.1) is 0 Å². The number of nitrogens with two attached hydrogens (primary N) is 1. The quantitative estimate of drug-likeness (QED) is 0.434. The van der Waals surface area contributed by atoms with Gasteiger partial charge in [0.2, 0.25) is 0 Å². The number of rotatable bonds is 5. The van der Waals surface area contributed by atoms with Crippen molar-refractivity contribution < 1.29 is 29.3 Å². The van der Waals surface area contributed by atoms with Crippen molar-refractivity contribution in [2.24, 2.45) is 28.6 Å². The fraction of sp³-hybridized carbons (Fsp3) is 0.500. The van der Waals surface area contributed by atoms with E-state index in [0.717, 1.165) is 52.8 Å². The first-order valence-electron chi connectivity index (χ1n) is 15.5. The standard InChI is InChI=1S/C36H41NO6/c1-20-4-5-22(15-28(20)37)14-21-6-8-23(9-7-21)33-42-31-17-27-26-11-10-24-16-25(39)12-13-34(24,2)32(26)29(40)18-35(27,3)36(31,43-33)30(41)19-38/h4-9,12-13,15-16,26-27,29,31-33,38,40H,10-11,14,17-19,37H2,1-3H3/t26-,27-,29-,31+,32+,33+,34-,35-,36+/m0/s1. The normalized spacial score (nSPS) is 39.5. The van der Waals surface area contributed by atoms with Crippen LogP contribution in [0, 0.1) is 35.5 Å². The van der Waals surface area contributed by atoms with Crippen molar-refractivity contribution in [3.05, 3.63) is 88.5 Å². The molecule has 0 unspecified atom stereocenters. The fourth-order valence-electron chi connectivity index (χ4n) is 9.66. The highest BCUT2D eigenvalue weighted by Crippen LogP contribution is 2.70. The van der Waals surface area contributed by atoms with Crippen LogP contribution < -0.4 is 5.73 Å². The lowest BCUT2D eigenvalue weighted by molar-refractivity contribution is -0.201. The van der Waals surface area contributed by atoms with E-state index in [-0.39, 0.29) is 29.3 Å². The first-order chi connectivity index (χ1) is 20.5. The van der Waals surface area contributed by atoms with E-state index in [9.17, 15) is 19.8 Å². The summed E-state index contributed by atoms with van der Waals surface area (Å²) in [5.41, 5.74) is 9.63. The maximum Gasteiger partial charge on any atom is 0.193 e. The molecule has 1 aliphatic heterocycles. The third-order valence-electron chi connectivity index (χ3n) is 11.8. The summed E-state index contributed by atoms with van der Waals surface area (Å²) in [6.07, 6.45) is 6.73. The van der Waals surface area contributed by atoms with Crippen LogP contribution in [0.4, 0.5) is 5.69 Å². The number of hydrogen-bond donors (Lipinski definition) is 3. The Balaban J connectivity index is 1.17. The highest BCUT2D eigenvalue weighted by Gasteiger charge is 2.75. The van der Waals surface area contributed by atoms with E-state index in [2.05, 4.69) is 19.9 Å². The van der Waals surface area contributed by atoms with Crippen LogP contribution in [0.5, 0.6) is 0 Å². The zero-order chi connectivity index (χ0) is 30.3. The number of Topliss-reactive ketones (excluding diaryl/α,β-unsaturated/α-hetero) is 1. The fourth-order valence-corrected chi connectivity index (χ4v) is 9.66. The van der Waals surface area contributed by atoms with Crippen LogP contribution in [0.15, 0.2) is 66.3 Å². The summed E-state index contributed by atoms with van der Waals surface area (Å²) in [5, 5.41) is 22.0. The van der Waals surface area contributed by atoms with Crippen molar-refractivity contribution in [1.29, 1.82) is 0 Å². The first-order valence-corrected chi connectivity index (χ1v) is 15.5. The number of aliphatic hydroxyl groups excluding tert-OH is 2. The molecule has 9 atom stereocenters. The van der Waals surface area contributed by atoms with Crippen molar-refractivity contribution in [3.63, 3.8) is 0 Å². The second kappa shape index (κ2) is 9.96. The van der Waals surface area contributed by atoms with E-state index in [4.69, 9.17) is 15.2 Å². The number of allylic oxidation sites excluding steroid dienone is 4. The number of carbonyl (C=O) groups is 2. The van der Waals surface area contributed by atoms with Gasteiger partial charge >= 0.3 is 0 Å². The molecular weight excluding hydrogens is 542 g/mol. The summed E-state index contributed by atoms with van der Waals surface area (Å²) < 4.78 is 13.3. The van der Waals surface area contributed by atoms with Gasteiger partial charge in [-0.05, 0) is 85.8 Å². The Morgan fingerprint density at radius 2 is 1.86 bits per heavy atom. The maximum absolute atomic E-state index is 13.8. The third-order valence-corrected chi connectivity index (χ3v) is 11.8. The number of anilines is 1. The number of nitrogen functional groups attached to an aromatic ring is 1. The van der Waals surface area contributed by atoms with Gasteiger partial charge in [0.1, 0.15) is 6.61 Å². The van der Waals surface area contributed by atoms with Gasteiger partial charge in [-0.2, -0.15) is 0 Å². The Labute approximate surface area is 252 Å². The Bertz CT molecular complexity index is 1550. The summed E-state index contributed by atoms with van der Waals surface area (Å²) >= 11 is 0. The maximum atomic E-state index is 13.8. The summed E-state index contributed by atoms with van der Waals surface area (Å²) in [6, 6.07) is 14.2. The summed E-state index contributed by atoms with van der Waals surface area (Å²) in [6.45, 7) is 5.54. The van der Waals surface area contributed by atoms with Crippen molar-refractivity contribution in [1.82, 2.24) is 0 Å². The second-order valence-corrected chi connectivity index (χ2v) is 13.9. The Kier molecular flexibility index (Phi) is 6.64. The molecule has 0 bridgehead atoms. The number of hydrogen-bond acceptors (Lipinski definition) is 7. The lowest BCUT2D eigenvalue weighted by atomic mass is 9.46. The lowest BCUT2D eigenvalue weighted by Crippen LogP contribution is -2.63. The minimum atomic E-state index is -1.35.